The summed E-state index contributed by atoms with van der Waals surface area (Å²) in [5, 5.41) is 2.89. The van der Waals surface area contributed by atoms with Crippen LogP contribution in [-0.2, 0) is 16.1 Å². The molecular formula is C22H24N2O2. The third-order valence-corrected chi connectivity index (χ3v) is 4.63. The van der Waals surface area contributed by atoms with E-state index in [4.69, 9.17) is 0 Å². The van der Waals surface area contributed by atoms with E-state index < -0.39 is 0 Å². The van der Waals surface area contributed by atoms with Crippen molar-refractivity contribution in [2.24, 2.45) is 0 Å². The topological polar surface area (TPSA) is 49.4 Å². The van der Waals surface area contributed by atoms with Gasteiger partial charge in [-0.2, -0.15) is 0 Å². The summed E-state index contributed by atoms with van der Waals surface area (Å²) in [5.74, 6) is 0.0614. The third kappa shape index (κ3) is 4.39. The van der Waals surface area contributed by atoms with Crippen molar-refractivity contribution in [1.82, 2.24) is 5.32 Å². The highest BCUT2D eigenvalue weighted by molar-refractivity contribution is 5.95. The molecule has 4 heteroatoms. The second kappa shape index (κ2) is 8.00. The van der Waals surface area contributed by atoms with Gasteiger partial charge in [-0.15, -0.1) is 0 Å². The van der Waals surface area contributed by atoms with Crippen molar-refractivity contribution >= 4 is 23.6 Å². The maximum absolute atomic E-state index is 12.0. The van der Waals surface area contributed by atoms with Gasteiger partial charge in [0.15, 0.2) is 0 Å². The molecule has 0 spiro atoms. The number of rotatable bonds is 5. The molecule has 1 heterocycles. The molecule has 0 aromatic heterocycles. The highest BCUT2D eigenvalue weighted by Crippen LogP contribution is 2.21. The number of carbonyl (C=O) groups excluding carboxylic acids is 2. The first-order chi connectivity index (χ1) is 12.5. The minimum absolute atomic E-state index is 0.122. The Bertz CT molecular complexity index is 838. The van der Waals surface area contributed by atoms with E-state index in [9.17, 15) is 9.59 Å². The molecule has 0 radical (unpaired) electrons. The number of aryl methyl sites for hydroxylation is 2. The number of nitrogens with one attached hydrogen (secondary N) is 1. The van der Waals surface area contributed by atoms with Gasteiger partial charge in [0.1, 0.15) is 0 Å². The molecule has 2 amide bonds. The number of hydrogen-bond acceptors (Lipinski definition) is 2. The van der Waals surface area contributed by atoms with Crippen molar-refractivity contribution in [1.29, 1.82) is 0 Å². The first-order valence-electron chi connectivity index (χ1n) is 8.95. The summed E-state index contributed by atoms with van der Waals surface area (Å²) >= 11 is 0. The molecule has 4 nitrogen and oxygen atoms in total. The van der Waals surface area contributed by atoms with Crippen molar-refractivity contribution in [2.45, 2.75) is 33.2 Å². The summed E-state index contributed by atoms with van der Waals surface area (Å²) in [5.41, 5.74) is 5.35. The van der Waals surface area contributed by atoms with Crippen LogP contribution in [0.25, 0.3) is 6.08 Å². The van der Waals surface area contributed by atoms with Crippen molar-refractivity contribution in [3.05, 3.63) is 70.8 Å². The Morgan fingerprint density at radius 2 is 1.92 bits per heavy atom. The molecule has 26 heavy (non-hydrogen) atoms. The third-order valence-electron chi connectivity index (χ3n) is 4.63. The van der Waals surface area contributed by atoms with Crippen molar-refractivity contribution in [2.75, 3.05) is 11.4 Å². The molecule has 1 saturated heterocycles. The molecule has 1 N–H and O–H groups in total. The van der Waals surface area contributed by atoms with E-state index in [2.05, 4.69) is 18.3 Å². The number of carbonyl (C=O) groups is 2. The highest BCUT2D eigenvalue weighted by Gasteiger charge is 2.21. The Morgan fingerprint density at radius 1 is 1.15 bits per heavy atom. The lowest BCUT2D eigenvalue weighted by Gasteiger charge is -2.15. The average molecular weight is 348 g/mol. The van der Waals surface area contributed by atoms with E-state index in [1.54, 1.807) is 6.08 Å². The lowest BCUT2D eigenvalue weighted by molar-refractivity contribution is -0.117. The van der Waals surface area contributed by atoms with E-state index in [-0.39, 0.29) is 11.8 Å². The summed E-state index contributed by atoms with van der Waals surface area (Å²) in [7, 11) is 0. The van der Waals surface area contributed by atoms with Crippen LogP contribution in [0.15, 0.2) is 48.5 Å². The van der Waals surface area contributed by atoms with Crippen LogP contribution >= 0.6 is 0 Å². The SMILES string of the molecule is Cc1ccc(/C=C/C(=O)NCc2ccc(N3CCCC3=O)cc2)c(C)c1. The number of anilines is 1. The standard InChI is InChI=1S/C22H24N2O2/c1-16-5-8-19(17(2)14-16)9-12-21(25)23-15-18-6-10-20(11-7-18)24-13-3-4-22(24)26/h5-12,14H,3-4,13,15H2,1-2H3,(H,23,25)/b12-9+. The quantitative estimate of drug-likeness (QED) is 0.837. The van der Waals surface area contributed by atoms with Crippen LogP contribution in [0.4, 0.5) is 5.69 Å². The minimum Gasteiger partial charge on any atom is -0.348 e. The molecular weight excluding hydrogens is 324 g/mol. The Hall–Kier alpha value is -2.88. The molecule has 2 aromatic carbocycles. The van der Waals surface area contributed by atoms with Crippen LogP contribution in [0.3, 0.4) is 0 Å². The van der Waals surface area contributed by atoms with E-state index in [1.807, 2.05) is 54.3 Å². The fraction of sp³-hybridized carbons (Fsp3) is 0.273. The van der Waals surface area contributed by atoms with Gasteiger partial charge in [-0.1, -0.05) is 35.9 Å². The second-order valence-electron chi connectivity index (χ2n) is 6.73. The molecule has 1 aliphatic rings. The maximum atomic E-state index is 12.0. The van der Waals surface area contributed by atoms with Gasteiger partial charge >= 0.3 is 0 Å². The predicted octanol–water partition coefficient (Wildman–Crippen LogP) is 3.76. The molecule has 2 aromatic rings. The Balaban J connectivity index is 1.54. The molecule has 1 fully saturated rings. The highest BCUT2D eigenvalue weighted by atomic mass is 16.2. The smallest absolute Gasteiger partial charge is 0.244 e. The van der Waals surface area contributed by atoms with Gasteiger partial charge in [-0.3, -0.25) is 9.59 Å². The number of hydrogen-bond donors (Lipinski definition) is 1. The zero-order chi connectivity index (χ0) is 18.5. The molecule has 0 atom stereocenters. The molecule has 3 rings (SSSR count). The zero-order valence-corrected chi connectivity index (χ0v) is 15.3. The van der Waals surface area contributed by atoms with Gasteiger partial charge in [-0.25, -0.2) is 0 Å². The number of amides is 2. The molecule has 0 bridgehead atoms. The van der Waals surface area contributed by atoms with Crippen LogP contribution < -0.4 is 10.2 Å². The number of benzene rings is 2. The zero-order valence-electron chi connectivity index (χ0n) is 15.3. The van der Waals surface area contributed by atoms with Gasteiger partial charge in [0, 0.05) is 31.3 Å². The molecule has 1 aliphatic heterocycles. The molecule has 0 saturated carbocycles. The monoisotopic (exact) mass is 348 g/mol. The van der Waals surface area contributed by atoms with E-state index >= 15 is 0 Å². The Kier molecular flexibility index (Phi) is 5.52. The van der Waals surface area contributed by atoms with Gasteiger partial charge < -0.3 is 10.2 Å². The Labute approximate surface area is 154 Å². The normalized spacial score (nSPS) is 14.2. The second-order valence-corrected chi connectivity index (χ2v) is 6.73. The van der Waals surface area contributed by atoms with E-state index in [0.717, 1.165) is 35.3 Å². The van der Waals surface area contributed by atoms with Gasteiger partial charge in [0.25, 0.3) is 0 Å². The summed E-state index contributed by atoms with van der Waals surface area (Å²) in [6.07, 6.45) is 4.95. The van der Waals surface area contributed by atoms with Crippen LogP contribution in [0.2, 0.25) is 0 Å². The first kappa shape index (κ1) is 17.9. The van der Waals surface area contributed by atoms with Crippen LogP contribution in [-0.4, -0.2) is 18.4 Å². The van der Waals surface area contributed by atoms with Crippen LogP contribution in [0.1, 0.15) is 35.1 Å². The lowest BCUT2D eigenvalue weighted by Crippen LogP contribution is -2.23. The van der Waals surface area contributed by atoms with E-state index in [0.29, 0.717) is 13.0 Å². The maximum Gasteiger partial charge on any atom is 0.244 e. The summed E-state index contributed by atoms with van der Waals surface area (Å²) in [4.78, 5) is 25.6. The largest absolute Gasteiger partial charge is 0.348 e. The number of nitrogens with zero attached hydrogens (tertiary/aromatic N) is 1. The Morgan fingerprint density at radius 3 is 2.58 bits per heavy atom. The lowest BCUT2D eigenvalue weighted by atomic mass is 10.1. The fourth-order valence-electron chi connectivity index (χ4n) is 3.14. The van der Waals surface area contributed by atoms with Crippen LogP contribution in [0.5, 0.6) is 0 Å². The predicted molar refractivity (Wildman–Crippen MR) is 105 cm³/mol. The summed E-state index contributed by atoms with van der Waals surface area (Å²) in [6, 6.07) is 13.9. The van der Waals surface area contributed by atoms with Gasteiger partial charge in [-0.05, 0) is 55.2 Å². The van der Waals surface area contributed by atoms with E-state index in [1.165, 1.54) is 5.56 Å². The molecule has 134 valence electrons. The fourth-order valence-corrected chi connectivity index (χ4v) is 3.14. The average Bonchev–Trinajstić information content (AvgIpc) is 3.05. The first-order valence-corrected chi connectivity index (χ1v) is 8.95. The van der Waals surface area contributed by atoms with Crippen molar-refractivity contribution in [3.8, 4) is 0 Å². The summed E-state index contributed by atoms with van der Waals surface area (Å²) in [6.45, 7) is 5.35. The minimum atomic E-state index is -0.122. The van der Waals surface area contributed by atoms with Gasteiger partial charge in [0.2, 0.25) is 11.8 Å². The van der Waals surface area contributed by atoms with Crippen molar-refractivity contribution < 1.29 is 9.59 Å². The molecule has 0 unspecified atom stereocenters. The van der Waals surface area contributed by atoms with Crippen molar-refractivity contribution in [3.63, 3.8) is 0 Å². The molecule has 0 aliphatic carbocycles. The summed E-state index contributed by atoms with van der Waals surface area (Å²) < 4.78 is 0. The van der Waals surface area contributed by atoms with Crippen LogP contribution in [0, 0.1) is 13.8 Å². The van der Waals surface area contributed by atoms with Gasteiger partial charge in [0.05, 0.1) is 0 Å².